The molecule has 0 aliphatic heterocycles. The van der Waals surface area contributed by atoms with Crippen LogP contribution in [-0.2, 0) is 6.61 Å². The molecule has 6 heteroatoms. The zero-order chi connectivity index (χ0) is 21.6. The van der Waals surface area contributed by atoms with E-state index in [9.17, 15) is 4.79 Å². The summed E-state index contributed by atoms with van der Waals surface area (Å²) in [7, 11) is 1.61. The highest BCUT2D eigenvalue weighted by atomic mass is 32.1. The lowest BCUT2D eigenvalue weighted by molar-refractivity contribution is 0.102. The summed E-state index contributed by atoms with van der Waals surface area (Å²) in [5, 5.41) is 5.39. The minimum atomic E-state index is -0.193. The Hall–Kier alpha value is -3.64. The van der Waals surface area contributed by atoms with E-state index in [0.29, 0.717) is 28.8 Å². The highest BCUT2D eigenvalue weighted by Crippen LogP contribution is 2.27. The third kappa shape index (κ3) is 5.10. The van der Waals surface area contributed by atoms with Gasteiger partial charge < -0.3 is 9.47 Å². The van der Waals surface area contributed by atoms with Crippen molar-refractivity contribution >= 4 is 22.4 Å². The van der Waals surface area contributed by atoms with E-state index in [2.05, 4.69) is 10.3 Å². The predicted octanol–water partition coefficient (Wildman–Crippen LogP) is 5.96. The van der Waals surface area contributed by atoms with Gasteiger partial charge in [-0.1, -0.05) is 54.1 Å². The van der Waals surface area contributed by atoms with Crippen LogP contribution in [0.15, 0.2) is 78.2 Å². The van der Waals surface area contributed by atoms with Crippen LogP contribution in [-0.4, -0.2) is 18.0 Å². The first-order chi connectivity index (χ1) is 15.1. The van der Waals surface area contributed by atoms with Gasteiger partial charge in [0, 0.05) is 16.5 Å². The maximum absolute atomic E-state index is 12.6. The molecular weight excluding hydrogens is 408 g/mol. The number of rotatable bonds is 7. The SMILES string of the molecule is COc1ccccc1OCc1ccc(C(=O)Nc2nc(-c3ccc(C)cc3)cs2)cc1. The van der Waals surface area contributed by atoms with Crippen LogP contribution in [0.4, 0.5) is 5.13 Å². The number of nitrogens with zero attached hydrogens (tertiary/aromatic N) is 1. The minimum absolute atomic E-state index is 0.193. The molecule has 0 spiro atoms. The third-order valence-electron chi connectivity index (χ3n) is 4.75. The molecule has 0 saturated heterocycles. The van der Waals surface area contributed by atoms with Gasteiger partial charge in [-0.2, -0.15) is 0 Å². The Morgan fingerprint density at radius 3 is 2.39 bits per heavy atom. The average molecular weight is 431 g/mol. The van der Waals surface area contributed by atoms with Gasteiger partial charge in [0.05, 0.1) is 12.8 Å². The highest BCUT2D eigenvalue weighted by molar-refractivity contribution is 7.14. The molecule has 0 atom stereocenters. The third-order valence-corrected chi connectivity index (χ3v) is 5.51. The topological polar surface area (TPSA) is 60.5 Å². The van der Waals surface area contributed by atoms with E-state index in [0.717, 1.165) is 16.8 Å². The number of hydrogen-bond acceptors (Lipinski definition) is 5. The number of methoxy groups -OCH3 is 1. The molecule has 1 amide bonds. The summed E-state index contributed by atoms with van der Waals surface area (Å²) in [6.45, 7) is 2.43. The molecule has 0 aliphatic rings. The summed E-state index contributed by atoms with van der Waals surface area (Å²) in [5.74, 6) is 1.17. The van der Waals surface area contributed by atoms with Crippen LogP contribution in [0.1, 0.15) is 21.5 Å². The first-order valence-electron chi connectivity index (χ1n) is 9.81. The van der Waals surface area contributed by atoms with Gasteiger partial charge in [0.25, 0.3) is 5.91 Å². The van der Waals surface area contributed by atoms with Crippen molar-refractivity contribution in [2.45, 2.75) is 13.5 Å². The number of aryl methyl sites for hydroxylation is 1. The number of para-hydroxylation sites is 2. The van der Waals surface area contributed by atoms with Crippen LogP contribution in [0.3, 0.4) is 0 Å². The monoisotopic (exact) mass is 430 g/mol. The van der Waals surface area contributed by atoms with E-state index in [1.165, 1.54) is 16.9 Å². The molecule has 1 aromatic heterocycles. The summed E-state index contributed by atoms with van der Waals surface area (Å²) in [4.78, 5) is 17.1. The molecule has 4 rings (SSSR count). The van der Waals surface area contributed by atoms with Crippen molar-refractivity contribution in [1.82, 2.24) is 4.98 Å². The molecule has 31 heavy (non-hydrogen) atoms. The van der Waals surface area contributed by atoms with Crippen molar-refractivity contribution in [1.29, 1.82) is 0 Å². The van der Waals surface area contributed by atoms with Gasteiger partial charge >= 0.3 is 0 Å². The predicted molar refractivity (Wildman–Crippen MR) is 124 cm³/mol. The second kappa shape index (κ2) is 9.45. The maximum Gasteiger partial charge on any atom is 0.257 e. The molecule has 0 radical (unpaired) electrons. The van der Waals surface area contributed by atoms with Gasteiger partial charge in [-0.3, -0.25) is 10.1 Å². The second-order valence-corrected chi connectivity index (χ2v) is 7.85. The first kappa shape index (κ1) is 20.6. The molecule has 1 N–H and O–H groups in total. The average Bonchev–Trinajstić information content (AvgIpc) is 3.27. The van der Waals surface area contributed by atoms with E-state index in [1.807, 2.05) is 73.0 Å². The van der Waals surface area contributed by atoms with Crippen LogP contribution in [0.2, 0.25) is 0 Å². The summed E-state index contributed by atoms with van der Waals surface area (Å²) in [6.07, 6.45) is 0. The lowest BCUT2D eigenvalue weighted by Gasteiger charge is -2.10. The Kier molecular flexibility index (Phi) is 6.29. The van der Waals surface area contributed by atoms with E-state index in [1.54, 1.807) is 19.2 Å². The van der Waals surface area contributed by atoms with E-state index in [4.69, 9.17) is 9.47 Å². The Bertz CT molecular complexity index is 1170. The van der Waals surface area contributed by atoms with E-state index in [-0.39, 0.29) is 5.91 Å². The largest absolute Gasteiger partial charge is 0.493 e. The summed E-state index contributed by atoms with van der Waals surface area (Å²) in [5.41, 5.74) is 4.60. The van der Waals surface area contributed by atoms with Crippen molar-refractivity contribution in [3.63, 3.8) is 0 Å². The zero-order valence-corrected chi connectivity index (χ0v) is 18.1. The van der Waals surface area contributed by atoms with Crippen molar-refractivity contribution in [2.75, 3.05) is 12.4 Å². The number of ether oxygens (including phenoxy) is 2. The normalized spacial score (nSPS) is 10.5. The van der Waals surface area contributed by atoms with E-state index >= 15 is 0 Å². The molecule has 0 fully saturated rings. The van der Waals surface area contributed by atoms with Crippen molar-refractivity contribution in [2.24, 2.45) is 0 Å². The van der Waals surface area contributed by atoms with Gasteiger partial charge in [-0.15, -0.1) is 11.3 Å². The van der Waals surface area contributed by atoms with Crippen LogP contribution in [0, 0.1) is 6.92 Å². The molecule has 156 valence electrons. The molecular formula is C25H22N2O3S. The van der Waals surface area contributed by atoms with Crippen LogP contribution < -0.4 is 14.8 Å². The van der Waals surface area contributed by atoms with Gasteiger partial charge in [0.2, 0.25) is 0 Å². The smallest absolute Gasteiger partial charge is 0.257 e. The number of anilines is 1. The fourth-order valence-electron chi connectivity index (χ4n) is 3.01. The van der Waals surface area contributed by atoms with Crippen LogP contribution >= 0.6 is 11.3 Å². The molecule has 4 aromatic rings. The van der Waals surface area contributed by atoms with Crippen molar-refractivity contribution < 1.29 is 14.3 Å². The summed E-state index contributed by atoms with van der Waals surface area (Å²) >= 11 is 1.41. The summed E-state index contributed by atoms with van der Waals surface area (Å²) in [6, 6.07) is 23.0. The Labute approximate surface area is 185 Å². The number of thiazole rings is 1. The van der Waals surface area contributed by atoms with Crippen LogP contribution in [0.25, 0.3) is 11.3 Å². The van der Waals surface area contributed by atoms with Crippen LogP contribution in [0.5, 0.6) is 11.5 Å². The second-order valence-electron chi connectivity index (χ2n) is 6.99. The molecule has 0 saturated carbocycles. The fraction of sp³-hybridized carbons (Fsp3) is 0.120. The standard InChI is InChI=1S/C25H22N2O3S/c1-17-7-11-19(12-8-17)21-16-31-25(26-21)27-24(28)20-13-9-18(10-14-20)15-30-23-6-4-3-5-22(23)29-2/h3-14,16H,15H2,1-2H3,(H,26,27,28). The van der Waals surface area contributed by atoms with Gasteiger partial charge in [-0.25, -0.2) is 4.98 Å². The van der Waals surface area contributed by atoms with Crippen molar-refractivity contribution in [3.8, 4) is 22.8 Å². The molecule has 0 bridgehead atoms. The number of carbonyl (C=O) groups is 1. The zero-order valence-electron chi connectivity index (χ0n) is 17.3. The lowest BCUT2D eigenvalue weighted by atomic mass is 10.1. The van der Waals surface area contributed by atoms with Gasteiger partial charge in [-0.05, 0) is 36.8 Å². The van der Waals surface area contributed by atoms with Gasteiger partial charge in [0.1, 0.15) is 6.61 Å². The first-order valence-corrected chi connectivity index (χ1v) is 10.7. The van der Waals surface area contributed by atoms with Gasteiger partial charge in [0.15, 0.2) is 16.6 Å². The number of nitrogens with one attached hydrogen (secondary N) is 1. The number of amides is 1. The molecule has 3 aromatic carbocycles. The highest BCUT2D eigenvalue weighted by Gasteiger charge is 2.11. The Morgan fingerprint density at radius 2 is 1.68 bits per heavy atom. The molecule has 1 heterocycles. The quantitative estimate of drug-likeness (QED) is 0.393. The van der Waals surface area contributed by atoms with Crippen molar-refractivity contribution in [3.05, 3.63) is 94.9 Å². The number of hydrogen-bond donors (Lipinski definition) is 1. The number of aromatic nitrogens is 1. The summed E-state index contributed by atoms with van der Waals surface area (Å²) < 4.78 is 11.1. The van der Waals surface area contributed by atoms with E-state index < -0.39 is 0 Å². The maximum atomic E-state index is 12.6. The Morgan fingerprint density at radius 1 is 0.968 bits per heavy atom. The Balaban J connectivity index is 1.37. The minimum Gasteiger partial charge on any atom is -0.493 e. The molecule has 0 aliphatic carbocycles. The lowest BCUT2D eigenvalue weighted by Crippen LogP contribution is -2.11. The molecule has 0 unspecified atom stereocenters. The number of benzene rings is 3. The number of carbonyl (C=O) groups excluding carboxylic acids is 1. The fourth-order valence-corrected chi connectivity index (χ4v) is 3.72. The molecule has 5 nitrogen and oxygen atoms in total.